The van der Waals surface area contributed by atoms with Crippen molar-refractivity contribution in [1.29, 1.82) is 0 Å². The Hall–Kier alpha value is -3.19. The van der Waals surface area contributed by atoms with Gasteiger partial charge >= 0.3 is 0 Å². The van der Waals surface area contributed by atoms with Gasteiger partial charge in [0.05, 0.1) is 13.2 Å². The highest BCUT2D eigenvalue weighted by atomic mass is 16.5. The normalized spacial score (nSPS) is 14.1. The molecule has 2 heterocycles. The van der Waals surface area contributed by atoms with E-state index in [2.05, 4.69) is 20.3 Å². The van der Waals surface area contributed by atoms with Crippen LogP contribution in [0.1, 0.15) is 0 Å². The number of para-hydroxylation sites is 2. The molecular formula is C19H18N4O3. The van der Waals surface area contributed by atoms with Crippen molar-refractivity contribution in [3.8, 4) is 23.3 Å². The molecule has 1 aliphatic rings. The van der Waals surface area contributed by atoms with Crippen molar-refractivity contribution in [2.45, 2.75) is 0 Å². The summed E-state index contributed by atoms with van der Waals surface area (Å²) in [5.74, 6) is 2.07. The van der Waals surface area contributed by atoms with E-state index in [4.69, 9.17) is 14.2 Å². The summed E-state index contributed by atoms with van der Waals surface area (Å²) in [7, 11) is 0. The summed E-state index contributed by atoms with van der Waals surface area (Å²) in [4.78, 5) is 2.10. The standard InChI is InChI=1S/C19H18N4O3/c1-3-7-15(8-4-1)25-18-17(23-11-13-24-14-12-23)19(21-22-20-18)26-16-9-5-2-6-10-16/h1-10H,11-14H2. The number of aromatic nitrogens is 3. The number of morpholine rings is 1. The van der Waals surface area contributed by atoms with Crippen molar-refractivity contribution in [2.24, 2.45) is 0 Å². The van der Waals surface area contributed by atoms with E-state index in [1.54, 1.807) is 0 Å². The molecule has 0 bridgehead atoms. The van der Waals surface area contributed by atoms with E-state index in [9.17, 15) is 0 Å². The molecule has 0 unspecified atom stereocenters. The molecule has 0 radical (unpaired) electrons. The Morgan fingerprint density at radius 3 is 1.73 bits per heavy atom. The summed E-state index contributed by atoms with van der Waals surface area (Å²) in [5, 5.41) is 12.0. The number of nitrogens with zero attached hydrogens (tertiary/aromatic N) is 4. The summed E-state index contributed by atoms with van der Waals surface area (Å²) >= 11 is 0. The first kappa shape index (κ1) is 16.3. The maximum Gasteiger partial charge on any atom is 0.270 e. The molecule has 0 spiro atoms. The fraction of sp³-hybridized carbons (Fsp3) is 0.211. The molecule has 0 atom stereocenters. The van der Waals surface area contributed by atoms with Crippen LogP contribution in [0.5, 0.6) is 23.3 Å². The maximum atomic E-state index is 5.96. The molecule has 1 saturated heterocycles. The molecule has 132 valence electrons. The third-order valence-electron chi connectivity index (χ3n) is 3.92. The van der Waals surface area contributed by atoms with Gasteiger partial charge in [0.2, 0.25) is 0 Å². The van der Waals surface area contributed by atoms with Gasteiger partial charge in [-0.25, -0.2) is 0 Å². The van der Waals surface area contributed by atoms with Crippen LogP contribution in [0.25, 0.3) is 0 Å². The number of benzene rings is 2. The topological polar surface area (TPSA) is 69.6 Å². The van der Waals surface area contributed by atoms with Crippen LogP contribution in [0.4, 0.5) is 5.69 Å². The van der Waals surface area contributed by atoms with Gasteiger partial charge in [-0.2, -0.15) is 0 Å². The fourth-order valence-electron chi connectivity index (χ4n) is 2.69. The molecule has 1 fully saturated rings. The molecule has 7 heteroatoms. The van der Waals surface area contributed by atoms with Crippen LogP contribution in [0.3, 0.4) is 0 Å². The van der Waals surface area contributed by atoms with Crippen LogP contribution in [-0.4, -0.2) is 41.7 Å². The lowest BCUT2D eigenvalue weighted by atomic mass is 10.3. The molecule has 26 heavy (non-hydrogen) atoms. The number of hydrogen-bond donors (Lipinski definition) is 0. The van der Waals surface area contributed by atoms with Crippen molar-refractivity contribution in [1.82, 2.24) is 15.4 Å². The Labute approximate surface area is 151 Å². The average molecular weight is 350 g/mol. The largest absolute Gasteiger partial charge is 0.436 e. The van der Waals surface area contributed by atoms with E-state index in [-0.39, 0.29) is 0 Å². The van der Waals surface area contributed by atoms with E-state index in [1.807, 2.05) is 60.7 Å². The minimum absolute atomic E-state index is 0.360. The van der Waals surface area contributed by atoms with Crippen LogP contribution < -0.4 is 14.4 Å². The Morgan fingerprint density at radius 2 is 1.23 bits per heavy atom. The van der Waals surface area contributed by atoms with Gasteiger partial charge < -0.3 is 19.1 Å². The van der Waals surface area contributed by atoms with Gasteiger partial charge in [0.25, 0.3) is 11.8 Å². The summed E-state index contributed by atoms with van der Waals surface area (Å²) in [6, 6.07) is 18.9. The SMILES string of the molecule is c1ccc(Oc2nnnc(Oc3ccccc3)c2N2CCOCC2)cc1. The van der Waals surface area contributed by atoms with E-state index in [0.717, 1.165) is 0 Å². The molecule has 0 aliphatic carbocycles. The number of anilines is 1. The predicted molar refractivity (Wildman–Crippen MR) is 95.9 cm³/mol. The Morgan fingerprint density at radius 1 is 0.731 bits per heavy atom. The molecule has 1 aromatic heterocycles. The summed E-state index contributed by atoms with van der Waals surface area (Å²) < 4.78 is 17.4. The molecule has 1 aliphatic heterocycles. The van der Waals surface area contributed by atoms with Gasteiger partial charge in [0.1, 0.15) is 11.5 Å². The zero-order chi connectivity index (χ0) is 17.6. The van der Waals surface area contributed by atoms with Gasteiger partial charge in [-0.15, -0.1) is 0 Å². The van der Waals surface area contributed by atoms with Crippen molar-refractivity contribution < 1.29 is 14.2 Å². The van der Waals surface area contributed by atoms with Crippen molar-refractivity contribution in [2.75, 3.05) is 31.2 Å². The van der Waals surface area contributed by atoms with Crippen molar-refractivity contribution >= 4 is 5.69 Å². The molecule has 2 aromatic carbocycles. The predicted octanol–water partition coefficient (Wildman–Crippen LogP) is 3.29. The molecule has 0 N–H and O–H groups in total. The van der Waals surface area contributed by atoms with Crippen molar-refractivity contribution in [3.05, 3.63) is 60.7 Å². The number of rotatable bonds is 5. The molecular weight excluding hydrogens is 332 g/mol. The van der Waals surface area contributed by atoms with E-state index >= 15 is 0 Å². The van der Waals surface area contributed by atoms with Gasteiger partial charge in [-0.1, -0.05) is 46.6 Å². The highest BCUT2D eigenvalue weighted by Gasteiger charge is 2.24. The van der Waals surface area contributed by atoms with Gasteiger partial charge in [0, 0.05) is 13.1 Å². The quantitative estimate of drug-likeness (QED) is 0.699. The second-order valence-electron chi connectivity index (χ2n) is 5.68. The Kier molecular flexibility index (Phi) is 4.88. The summed E-state index contributed by atoms with van der Waals surface area (Å²) in [6.07, 6.45) is 0. The van der Waals surface area contributed by atoms with Crippen LogP contribution in [0.2, 0.25) is 0 Å². The van der Waals surface area contributed by atoms with Crippen LogP contribution >= 0.6 is 0 Å². The van der Waals surface area contributed by atoms with Gasteiger partial charge in [-0.05, 0) is 29.5 Å². The first-order valence-corrected chi connectivity index (χ1v) is 8.42. The fourth-order valence-corrected chi connectivity index (χ4v) is 2.69. The smallest absolute Gasteiger partial charge is 0.270 e. The Balaban J connectivity index is 1.71. The summed E-state index contributed by atoms with van der Waals surface area (Å²) in [5.41, 5.74) is 0.677. The number of hydrogen-bond acceptors (Lipinski definition) is 7. The molecule has 3 aromatic rings. The molecule has 0 amide bonds. The first-order chi connectivity index (χ1) is 12.9. The number of ether oxygens (including phenoxy) is 3. The lowest BCUT2D eigenvalue weighted by Gasteiger charge is -2.29. The monoisotopic (exact) mass is 350 g/mol. The second kappa shape index (κ2) is 7.79. The molecule has 7 nitrogen and oxygen atoms in total. The lowest BCUT2D eigenvalue weighted by Crippen LogP contribution is -2.37. The third kappa shape index (κ3) is 3.73. The van der Waals surface area contributed by atoms with Gasteiger partial charge in [0.15, 0.2) is 5.69 Å². The van der Waals surface area contributed by atoms with E-state index in [1.165, 1.54) is 0 Å². The van der Waals surface area contributed by atoms with E-state index in [0.29, 0.717) is 55.2 Å². The second-order valence-corrected chi connectivity index (χ2v) is 5.68. The third-order valence-corrected chi connectivity index (χ3v) is 3.92. The molecule has 4 rings (SSSR count). The summed E-state index contributed by atoms with van der Waals surface area (Å²) in [6.45, 7) is 2.64. The molecule has 0 saturated carbocycles. The maximum absolute atomic E-state index is 5.96. The zero-order valence-corrected chi connectivity index (χ0v) is 14.1. The zero-order valence-electron chi connectivity index (χ0n) is 14.1. The van der Waals surface area contributed by atoms with Gasteiger partial charge in [-0.3, -0.25) is 0 Å². The van der Waals surface area contributed by atoms with Crippen LogP contribution in [0.15, 0.2) is 60.7 Å². The minimum atomic E-state index is 0.360. The van der Waals surface area contributed by atoms with Crippen LogP contribution in [0, 0.1) is 0 Å². The average Bonchev–Trinajstić information content (AvgIpc) is 2.70. The van der Waals surface area contributed by atoms with E-state index < -0.39 is 0 Å². The highest BCUT2D eigenvalue weighted by Crippen LogP contribution is 2.38. The first-order valence-electron chi connectivity index (χ1n) is 8.42. The lowest BCUT2D eigenvalue weighted by molar-refractivity contribution is 0.122. The highest BCUT2D eigenvalue weighted by molar-refractivity contribution is 5.63. The van der Waals surface area contributed by atoms with Crippen LogP contribution in [-0.2, 0) is 4.74 Å². The Bertz CT molecular complexity index is 780. The van der Waals surface area contributed by atoms with Crippen molar-refractivity contribution in [3.63, 3.8) is 0 Å². The minimum Gasteiger partial charge on any atom is -0.436 e.